The van der Waals surface area contributed by atoms with Gasteiger partial charge in [0.2, 0.25) is 0 Å². The van der Waals surface area contributed by atoms with E-state index in [0.717, 1.165) is 31.9 Å². The lowest BCUT2D eigenvalue weighted by molar-refractivity contribution is 0.0241. The molecule has 0 amide bonds. The first-order chi connectivity index (χ1) is 10.9. The third-order valence-corrected chi connectivity index (χ3v) is 4.79. The van der Waals surface area contributed by atoms with Gasteiger partial charge < -0.3 is 15.4 Å². The number of aromatic nitrogens is 1. The van der Waals surface area contributed by atoms with Gasteiger partial charge in [0.25, 0.3) is 0 Å². The van der Waals surface area contributed by atoms with Crippen LogP contribution < -0.4 is 10.6 Å². The van der Waals surface area contributed by atoms with Crippen LogP contribution in [0.5, 0.6) is 0 Å². The first-order valence-electron chi connectivity index (χ1n) is 8.39. The number of ether oxygens (including phenoxy) is 1. The molecule has 0 radical (unpaired) electrons. The Kier molecular flexibility index (Phi) is 11.8. The summed E-state index contributed by atoms with van der Waals surface area (Å²) in [5, 5.41) is 7.84. The van der Waals surface area contributed by atoms with Crippen molar-refractivity contribution in [3.63, 3.8) is 0 Å². The Bertz CT molecular complexity index is 485. The first kappa shape index (κ1) is 23.6. The molecule has 0 aliphatic rings. The average Bonchev–Trinajstić information content (AvgIpc) is 2.94. The highest BCUT2D eigenvalue weighted by atomic mass is 127. The van der Waals surface area contributed by atoms with Gasteiger partial charge in [0, 0.05) is 37.7 Å². The quantitative estimate of drug-likeness (QED) is 0.349. The minimum Gasteiger partial charge on any atom is -0.379 e. The Morgan fingerprint density at radius 2 is 2.04 bits per heavy atom. The van der Waals surface area contributed by atoms with E-state index < -0.39 is 0 Å². The molecule has 0 aromatic carbocycles. The van der Waals surface area contributed by atoms with Gasteiger partial charge in [0.15, 0.2) is 5.96 Å². The monoisotopic (exact) mass is 468 g/mol. The topological polar surface area (TPSA) is 58.5 Å². The number of halogens is 1. The van der Waals surface area contributed by atoms with E-state index in [9.17, 15) is 0 Å². The zero-order valence-corrected chi connectivity index (χ0v) is 19.0. The lowest BCUT2D eigenvalue weighted by Gasteiger charge is -2.28. The van der Waals surface area contributed by atoms with E-state index in [-0.39, 0.29) is 35.5 Å². The second kappa shape index (κ2) is 12.0. The molecule has 1 aromatic heterocycles. The van der Waals surface area contributed by atoms with Crippen molar-refractivity contribution < 1.29 is 4.74 Å². The summed E-state index contributed by atoms with van der Waals surface area (Å²) in [6.07, 6.45) is 4.05. The van der Waals surface area contributed by atoms with Crippen molar-refractivity contribution in [2.45, 2.75) is 53.6 Å². The van der Waals surface area contributed by atoms with Crippen LogP contribution in [0.2, 0.25) is 0 Å². The minimum absolute atomic E-state index is 0. The molecule has 1 heterocycles. The van der Waals surface area contributed by atoms with Crippen molar-refractivity contribution in [2.75, 3.05) is 26.7 Å². The third kappa shape index (κ3) is 8.62. The number of hydrogen-bond donors (Lipinski definition) is 2. The predicted molar refractivity (Wildman–Crippen MR) is 115 cm³/mol. The average molecular weight is 468 g/mol. The normalized spacial score (nSPS) is 13.3. The molecule has 0 saturated heterocycles. The van der Waals surface area contributed by atoms with Crippen LogP contribution in [-0.4, -0.2) is 43.8 Å². The van der Waals surface area contributed by atoms with E-state index in [2.05, 4.69) is 55.2 Å². The molecule has 0 aliphatic heterocycles. The second-order valence-corrected chi connectivity index (χ2v) is 7.76. The molecule has 1 atom stereocenters. The number of aliphatic imine (C=N–C) groups is 1. The molecule has 24 heavy (non-hydrogen) atoms. The molecule has 1 aromatic rings. The summed E-state index contributed by atoms with van der Waals surface area (Å²) in [6, 6.07) is 0. The van der Waals surface area contributed by atoms with E-state index in [4.69, 9.17) is 4.74 Å². The number of thiazole rings is 1. The summed E-state index contributed by atoms with van der Waals surface area (Å²) in [5.41, 5.74) is 0.0764. The molecular weight excluding hydrogens is 435 g/mol. The maximum absolute atomic E-state index is 5.56. The molecule has 0 fully saturated rings. The fourth-order valence-corrected chi connectivity index (χ4v) is 2.99. The number of guanidine groups is 1. The number of hydrogen-bond acceptors (Lipinski definition) is 4. The molecule has 0 spiro atoms. The molecule has 0 aliphatic carbocycles. The molecule has 1 rings (SSSR count). The zero-order valence-electron chi connectivity index (χ0n) is 15.8. The van der Waals surface area contributed by atoms with Crippen molar-refractivity contribution in [2.24, 2.45) is 10.4 Å². The highest BCUT2D eigenvalue weighted by Crippen LogP contribution is 2.21. The van der Waals surface area contributed by atoms with Crippen molar-refractivity contribution in [1.82, 2.24) is 15.6 Å². The van der Waals surface area contributed by atoms with Gasteiger partial charge in [-0.15, -0.1) is 35.3 Å². The molecule has 0 saturated carbocycles. The largest absolute Gasteiger partial charge is 0.379 e. The van der Waals surface area contributed by atoms with Crippen molar-refractivity contribution in [3.8, 4) is 0 Å². The third-order valence-electron chi connectivity index (χ3n) is 3.59. The van der Waals surface area contributed by atoms with Crippen molar-refractivity contribution >= 4 is 41.3 Å². The highest BCUT2D eigenvalue weighted by Gasteiger charge is 2.24. The number of methoxy groups -OCH3 is 1. The van der Waals surface area contributed by atoms with Gasteiger partial charge in [0.05, 0.1) is 17.7 Å². The fraction of sp³-hybridized carbons (Fsp3) is 0.765. The van der Waals surface area contributed by atoms with Gasteiger partial charge in [-0.2, -0.15) is 0 Å². The smallest absolute Gasteiger partial charge is 0.191 e. The first-order valence-corrected chi connectivity index (χ1v) is 9.20. The van der Waals surface area contributed by atoms with Gasteiger partial charge in [-0.3, -0.25) is 4.99 Å². The van der Waals surface area contributed by atoms with E-state index in [1.807, 2.05) is 6.20 Å². The van der Waals surface area contributed by atoms with Crippen LogP contribution in [0.1, 0.15) is 44.5 Å². The van der Waals surface area contributed by atoms with Crippen molar-refractivity contribution in [1.29, 1.82) is 0 Å². The Morgan fingerprint density at radius 1 is 1.33 bits per heavy atom. The van der Waals surface area contributed by atoms with Crippen LogP contribution in [0, 0.1) is 5.41 Å². The summed E-state index contributed by atoms with van der Waals surface area (Å²) in [5.74, 6) is 0.839. The highest BCUT2D eigenvalue weighted by molar-refractivity contribution is 14.0. The molecule has 1 unspecified atom stereocenters. The molecule has 5 nitrogen and oxygen atoms in total. The Labute approximate surface area is 168 Å². The molecular formula is C17H33IN4OS. The fourth-order valence-electron chi connectivity index (χ4n) is 2.13. The standard InChI is InChI=1S/C17H32N4OS.HI/c1-7-13-11-20-15(23-13)9-10-19-16(18-8-2)21-12-14(22-6)17(3,4)5;/h11,14H,7-10,12H2,1-6H3,(H2,18,19,21);1H. The van der Waals surface area contributed by atoms with Gasteiger partial charge >= 0.3 is 0 Å². The molecule has 140 valence electrons. The number of nitrogens with zero attached hydrogens (tertiary/aromatic N) is 2. The van der Waals surface area contributed by atoms with Gasteiger partial charge in [-0.05, 0) is 18.8 Å². The van der Waals surface area contributed by atoms with Crippen LogP contribution in [0.15, 0.2) is 11.2 Å². The summed E-state index contributed by atoms with van der Waals surface area (Å²) >= 11 is 1.79. The second-order valence-electron chi connectivity index (χ2n) is 6.56. The summed E-state index contributed by atoms with van der Waals surface area (Å²) in [7, 11) is 1.75. The minimum atomic E-state index is 0. The number of aryl methyl sites for hydroxylation is 1. The van der Waals surface area contributed by atoms with E-state index in [1.54, 1.807) is 18.4 Å². The van der Waals surface area contributed by atoms with Gasteiger partial charge in [0.1, 0.15) is 0 Å². The van der Waals surface area contributed by atoms with E-state index >= 15 is 0 Å². The molecule has 7 heteroatoms. The van der Waals surface area contributed by atoms with Gasteiger partial charge in [-0.25, -0.2) is 4.98 Å². The maximum Gasteiger partial charge on any atom is 0.191 e. The number of nitrogens with one attached hydrogen (secondary N) is 2. The van der Waals surface area contributed by atoms with Crippen molar-refractivity contribution in [3.05, 3.63) is 16.1 Å². The van der Waals surface area contributed by atoms with Gasteiger partial charge in [-0.1, -0.05) is 27.7 Å². The SMILES string of the molecule is CCNC(=NCC(OC)C(C)(C)C)NCCc1ncc(CC)s1.I. The summed E-state index contributed by atoms with van der Waals surface area (Å²) < 4.78 is 5.56. The van der Waals surface area contributed by atoms with E-state index in [0.29, 0.717) is 6.54 Å². The maximum atomic E-state index is 5.56. The zero-order chi connectivity index (χ0) is 17.3. The number of rotatable bonds is 8. The molecule has 2 N–H and O–H groups in total. The van der Waals surface area contributed by atoms with Crippen LogP contribution in [0.4, 0.5) is 0 Å². The summed E-state index contributed by atoms with van der Waals surface area (Å²) in [6.45, 7) is 13.1. The Morgan fingerprint density at radius 3 is 2.54 bits per heavy atom. The van der Waals surface area contributed by atoms with Crippen LogP contribution >= 0.6 is 35.3 Å². The summed E-state index contributed by atoms with van der Waals surface area (Å²) in [4.78, 5) is 10.4. The lowest BCUT2D eigenvalue weighted by atomic mass is 9.89. The van der Waals surface area contributed by atoms with E-state index in [1.165, 1.54) is 9.88 Å². The van der Waals surface area contributed by atoms with Crippen LogP contribution in [0.3, 0.4) is 0 Å². The molecule has 0 bridgehead atoms. The van der Waals surface area contributed by atoms with Crippen LogP contribution in [-0.2, 0) is 17.6 Å². The van der Waals surface area contributed by atoms with Crippen LogP contribution in [0.25, 0.3) is 0 Å². The lowest BCUT2D eigenvalue weighted by Crippen LogP contribution is -2.40. The Hall–Kier alpha value is -0.410. The predicted octanol–water partition coefficient (Wildman–Crippen LogP) is 3.48. The Balaban J connectivity index is 0.00000529.